The minimum atomic E-state index is 0.736. The monoisotopic (exact) mass is 250 g/mol. The maximum Gasteiger partial charge on any atom is 0.0400 e. The van der Waals surface area contributed by atoms with Gasteiger partial charge in [0.05, 0.1) is 0 Å². The van der Waals surface area contributed by atoms with Gasteiger partial charge in [0.15, 0.2) is 0 Å². The van der Waals surface area contributed by atoms with Crippen molar-refractivity contribution in [2.45, 2.75) is 59.8 Å². The van der Waals surface area contributed by atoms with Crippen molar-refractivity contribution in [3.63, 3.8) is 0 Å². The third kappa shape index (κ3) is 10.3. The predicted molar refractivity (Wildman–Crippen MR) is 83.3 cm³/mol. The molecule has 0 radical (unpaired) electrons. The van der Waals surface area contributed by atoms with Crippen LogP contribution in [0.5, 0.6) is 0 Å². The summed E-state index contributed by atoms with van der Waals surface area (Å²) >= 11 is 0. The van der Waals surface area contributed by atoms with Gasteiger partial charge in [-0.1, -0.05) is 23.3 Å². The van der Waals surface area contributed by atoms with Gasteiger partial charge in [-0.15, -0.1) is 0 Å². The molecule has 0 unspecified atom stereocenters. The molecule has 0 aliphatic heterocycles. The zero-order chi connectivity index (χ0) is 13.8. The van der Waals surface area contributed by atoms with Gasteiger partial charge in [-0.2, -0.15) is 0 Å². The maximum absolute atomic E-state index is 5.44. The minimum Gasteiger partial charge on any atom is -0.330 e. The molecule has 0 fully saturated rings. The predicted octanol–water partition coefficient (Wildman–Crippen LogP) is 4.27. The quantitative estimate of drug-likeness (QED) is 0.370. The summed E-state index contributed by atoms with van der Waals surface area (Å²) in [5, 5.41) is 0. The highest BCUT2D eigenvalue weighted by Gasteiger charge is 1.95. The molecule has 2 nitrogen and oxygen atoms in total. The first-order valence-electron chi connectivity index (χ1n) is 7.07. The summed E-state index contributed by atoms with van der Waals surface area (Å²) in [6.07, 6.45) is 10.1. The Labute approximate surface area is 113 Å². The van der Waals surface area contributed by atoms with E-state index in [-0.39, 0.29) is 0 Å². The Morgan fingerprint density at radius 2 is 1.78 bits per heavy atom. The molecule has 0 aromatic heterocycles. The molecule has 2 heteroatoms. The topological polar surface area (TPSA) is 38.4 Å². The number of nitrogens with two attached hydrogens (primary N) is 1. The van der Waals surface area contributed by atoms with E-state index in [0.29, 0.717) is 0 Å². The molecule has 0 aromatic rings. The highest BCUT2D eigenvalue weighted by molar-refractivity contribution is 5.82. The normalized spacial score (nSPS) is 14.2. The van der Waals surface area contributed by atoms with Crippen molar-refractivity contribution in [1.82, 2.24) is 0 Å². The molecule has 0 saturated carbocycles. The van der Waals surface area contributed by atoms with E-state index in [1.165, 1.54) is 23.3 Å². The van der Waals surface area contributed by atoms with Crippen LogP contribution in [-0.4, -0.2) is 18.8 Å². The second-order valence-corrected chi connectivity index (χ2v) is 4.98. The average Bonchev–Trinajstić information content (AvgIpc) is 2.36. The Hall–Kier alpha value is -0.890. The third-order valence-corrected chi connectivity index (χ3v) is 3.15. The van der Waals surface area contributed by atoms with Crippen LogP contribution in [-0.2, 0) is 0 Å². The van der Waals surface area contributed by atoms with Crippen molar-refractivity contribution in [3.05, 3.63) is 23.3 Å². The molecule has 2 N–H and O–H groups in total. The number of rotatable bonds is 9. The lowest BCUT2D eigenvalue weighted by Gasteiger charge is -2.03. The Morgan fingerprint density at radius 1 is 1.06 bits per heavy atom. The first-order valence-corrected chi connectivity index (χ1v) is 7.07. The molecule has 104 valence electrons. The average molecular weight is 250 g/mol. The van der Waals surface area contributed by atoms with E-state index in [4.69, 9.17) is 5.73 Å². The standard InChI is InChI=1S/C16H30N2/c1-5-14(2)8-6-9-15(3)10-11-16(4)18-13-7-12-17/h5,9H,6-8,10-13,17H2,1-4H3/b14-5+,15-9+,18-16?. The molecule has 0 saturated heterocycles. The van der Waals surface area contributed by atoms with E-state index in [9.17, 15) is 0 Å². The van der Waals surface area contributed by atoms with Gasteiger partial charge in [0.25, 0.3) is 0 Å². The number of aliphatic imine (C=N–C) groups is 1. The fourth-order valence-electron chi connectivity index (χ4n) is 1.61. The molecular formula is C16H30N2. The first-order chi connectivity index (χ1) is 8.60. The van der Waals surface area contributed by atoms with E-state index in [1.54, 1.807) is 0 Å². The summed E-state index contributed by atoms with van der Waals surface area (Å²) in [7, 11) is 0. The molecule has 18 heavy (non-hydrogen) atoms. The van der Waals surface area contributed by atoms with Crippen molar-refractivity contribution >= 4 is 5.71 Å². The van der Waals surface area contributed by atoms with Crippen LogP contribution >= 0.6 is 0 Å². The van der Waals surface area contributed by atoms with E-state index in [0.717, 1.165) is 38.8 Å². The molecule has 0 rings (SSSR count). The molecule has 0 bridgehead atoms. The van der Waals surface area contributed by atoms with Gasteiger partial charge in [0.2, 0.25) is 0 Å². The lowest BCUT2D eigenvalue weighted by molar-refractivity contribution is 0.837. The molecule has 0 atom stereocenters. The lowest BCUT2D eigenvalue weighted by Crippen LogP contribution is -2.02. The van der Waals surface area contributed by atoms with E-state index >= 15 is 0 Å². The summed E-state index contributed by atoms with van der Waals surface area (Å²) in [5.41, 5.74) is 9.65. The number of hydrogen-bond donors (Lipinski definition) is 1. The zero-order valence-corrected chi connectivity index (χ0v) is 12.6. The van der Waals surface area contributed by atoms with Crippen molar-refractivity contribution < 1.29 is 0 Å². The zero-order valence-electron chi connectivity index (χ0n) is 12.6. The van der Waals surface area contributed by atoms with Crippen LogP contribution in [0.4, 0.5) is 0 Å². The Bertz CT molecular complexity index is 298. The molecule has 0 heterocycles. The Kier molecular flexibility index (Phi) is 10.7. The van der Waals surface area contributed by atoms with E-state index in [1.807, 2.05) is 0 Å². The number of hydrogen-bond acceptors (Lipinski definition) is 2. The van der Waals surface area contributed by atoms with Crippen LogP contribution < -0.4 is 5.73 Å². The van der Waals surface area contributed by atoms with Crippen molar-refractivity contribution in [2.24, 2.45) is 10.7 Å². The minimum absolute atomic E-state index is 0.736. The van der Waals surface area contributed by atoms with Gasteiger partial charge in [-0.25, -0.2) is 0 Å². The smallest absolute Gasteiger partial charge is 0.0400 e. The van der Waals surface area contributed by atoms with E-state index in [2.05, 4.69) is 44.8 Å². The molecule has 0 aliphatic rings. The van der Waals surface area contributed by atoms with Crippen molar-refractivity contribution in [1.29, 1.82) is 0 Å². The van der Waals surface area contributed by atoms with Gasteiger partial charge in [0.1, 0.15) is 0 Å². The van der Waals surface area contributed by atoms with Crippen LogP contribution in [0.15, 0.2) is 28.3 Å². The maximum atomic E-state index is 5.44. The number of allylic oxidation sites excluding steroid dienone is 4. The van der Waals surface area contributed by atoms with Crippen molar-refractivity contribution in [3.8, 4) is 0 Å². The highest BCUT2D eigenvalue weighted by atomic mass is 14.7. The summed E-state index contributed by atoms with van der Waals surface area (Å²) < 4.78 is 0. The molecular weight excluding hydrogens is 220 g/mol. The Morgan fingerprint density at radius 3 is 2.39 bits per heavy atom. The van der Waals surface area contributed by atoms with Crippen LogP contribution in [0.3, 0.4) is 0 Å². The summed E-state index contributed by atoms with van der Waals surface area (Å²) in [4.78, 5) is 4.51. The van der Waals surface area contributed by atoms with Crippen LogP contribution in [0.2, 0.25) is 0 Å². The lowest BCUT2D eigenvalue weighted by atomic mass is 10.1. The Balaban J connectivity index is 3.84. The van der Waals surface area contributed by atoms with Gasteiger partial charge >= 0.3 is 0 Å². The number of nitrogens with zero attached hydrogens (tertiary/aromatic N) is 1. The van der Waals surface area contributed by atoms with Gasteiger partial charge in [0, 0.05) is 12.3 Å². The first kappa shape index (κ1) is 17.1. The van der Waals surface area contributed by atoms with Gasteiger partial charge in [-0.3, -0.25) is 4.99 Å². The summed E-state index contributed by atoms with van der Waals surface area (Å²) in [5.74, 6) is 0. The largest absolute Gasteiger partial charge is 0.330 e. The molecule has 0 amide bonds. The van der Waals surface area contributed by atoms with Crippen LogP contribution in [0, 0.1) is 0 Å². The summed E-state index contributed by atoms with van der Waals surface area (Å²) in [6, 6.07) is 0. The fourth-order valence-corrected chi connectivity index (χ4v) is 1.61. The van der Waals surface area contributed by atoms with Crippen LogP contribution in [0.25, 0.3) is 0 Å². The SMILES string of the molecule is C/C=C(\C)CC/C=C(\C)CCC(C)=NCCCN. The molecule has 0 spiro atoms. The highest BCUT2D eigenvalue weighted by Crippen LogP contribution is 2.10. The van der Waals surface area contributed by atoms with Crippen LogP contribution in [0.1, 0.15) is 59.8 Å². The fraction of sp³-hybridized carbons (Fsp3) is 0.688. The van der Waals surface area contributed by atoms with Gasteiger partial charge < -0.3 is 5.73 Å². The van der Waals surface area contributed by atoms with Crippen molar-refractivity contribution in [2.75, 3.05) is 13.1 Å². The van der Waals surface area contributed by atoms with Gasteiger partial charge in [-0.05, 0) is 66.3 Å². The third-order valence-electron chi connectivity index (χ3n) is 3.15. The molecule has 0 aromatic carbocycles. The molecule has 0 aliphatic carbocycles. The second-order valence-electron chi connectivity index (χ2n) is 4.98. The second kappa shape index (κ2) is 11.2. The van der Waals surface area contributed by atoms with E-state index < -0.39 is 0 Å². The summed E-state index contributed by atoms with van der Waals surface area (Å²) in [6.45, 7) is 10.3.